The minimum atomic E-state index is 0.364. The van der Waals surface area contributed by atoms with Gasteiger partial charge in [-0.1, -0.05) is 60.7 Å². The summed E-state index contributed by atoms with van der Waals surface area (Å²) in [5.74, 6) is 1.52. The molecule has 0 saturated carbocycles. The van der Waals surface area contributed by atoms with Gasteiger partial charge in [0.1, 0.15) is 19.0 Å². The molecule has 1 heterocycles. The van der Waals surface area contributed by atoms with Crippen LogP contribution in [-0.4, -0.2) is 11.6 Å². The van der Waals surface area contributed by atoms with Gasteiger partial charge >= 0.3 is 0 Å². The van der Waals surface area contributed by atoms with Gasteiger partial charge in [0.25, 0.3) is 0 Å². The molecule has 4 rings (SSSR count). The summed E-state index contributed by atoms with van der Waals surface area (Å²) in [5.41, 5.74) is 4.20. The summed E-state index contributed by atoms with van der Waals surface area (Å²) in [6.45, 7) is 3.16. The van der Waals surface area contributed by atoms with Gasteiger partial charge in [-0.3, -0.25) is 0 Å². The van der Waals surface area contributed by atoms with E-state index in [-0.39, 0.29) is 0 Å². The molecule has 0 aliphatic heterocycles. The standard InChI is InChI=1S/C28H24N2O3/c1-2-31-26-17-23(18-29)13-14-24(26)25-15-16-27(32-19-21-9-5-3-6-10-21)30-28(25)33-20-22-11-7-4-8-12-22/h3-17H,2,19-20H2,1H3. The van der Waals surface area contributed by atoms with Crippen molar-refractivity contribution in [1.29, 1.82) is 5.26 Å². The number of aromatic nitrogens is 1. The summed E-state index contributed by atoms with van der Waals surface area (Å²) >= 11 is 0. The molecular weight excluding hydrogens is 412 g/mol. The van der Waals surface area contributed by atoms with E-state index in [4.69, 9.17) is 14.2 Å². The molecule has 0 saturated heterocycles. The zero-order chi connectivity index (χ0) is 22.9. The van der Waals surface area contributed by atoms with Gasteiger partial charge in [-0.25, -0.2) is 0 Å². The normalized spacial score (nSPS) is 10.3. The van der Waals surface area contributed by atoms with Crippen LogP contribution >= 0.6 is 0 Å². The van der Waals surface area contributed by atoms with Crippen molar-refractivity contribution in [3.8, 4) is 34.7 Å². The predicted octanol–water partition coefficient (Wildman–Crippen LogP) is 6.18. The Morgan fingerprint density at radius 2 is 1.36 bits per heavy atom. The molecule has 1 aromatic heterocycles. The molecule has 3 aromatic carbocycles. The van der Waals surface area contributed by atoms with Crippen LogP contribution < -0.4 is 14.2 Å². The van der Waals surface area contributed by atoms with Crippen LogP contribution in [0.4, 0.5) is 0 Å². The number of nitriles is 1. The number of nitrogens with zero attached hydrogens (tertiary/aromatic N) is 2. The molecule has 0 fully saturated rings. The van der Waals surface area contributed by atoms with Crippen molar-refractivity contribution in [2.24, 2.45) is 0 Å². The van der Waals surface area contributed by atoms with Crippen LogP contribution in [0.1, 0.15) is 23.6 Å². The van der Waals surface area contributed by atoms with Crippen LogP contribution in [0.25, 0.3) is 11.1 Å². The third-order valence-electron chi connectivity index (χ3n) is 4.98. The molecule has 0 bridgehead atoms. The van der Waals surface area contributed by atoms with Gasteiger partial charge in [0.2, 0.25) is 11.8 Å². The summed E-state index contributed by atoms with van der Waals surface area (Å²) < 4.78 is 17.9. The van der Waals surface area contributed by atoms with Crippen molar-refractivity contribution in [2.45, 2.75) is 20.1 Å². The van der Waals surface area contributed by atoms with Crippen LogP contribution in [0.15, 0.2) is 91.0 Å². The van der Waals surface area contributed by atoms with E-state index in [0.717, 1.165) is 22.3 Å². The van der Waals surface area contributed by atoms with E-state index in [1.165, 1.54) is 0 Å². The van der Waals surface area contributed by atoms with Gasteiger partial charge in [0, 0.05) is 17.2 Å². The predicted molar refractivity (Wildman–Crippen MR) is 127 cm³/mol. The zero-order valence-electron chi connectivity index (χ0n) is 18.4. The number of pyridine rings is 1. The number of hydrogen-bond donors (Lipinski definition) is 0. The molecule has 4 aromatic rings. The molecule has 0 N–H and O–H groups in total. The highest BCUT2D eigenvalue weighted by Crippen LogP contribution is 2.37. The zero-order valence-corrected chi connectivity index (χ0v) is 18.4. The lowest BCUT2D eigenvalue weighted by Gasteiger charge is -2.16. The number of ether oxygens (including phenoxy) is 3. The lowest BCUT2D eigenvalue weighted by atomic mass is 10.0. The van der Waals surface area contributed by atoms with Crippen LogP contribution in [-0.2, 0) is 13.2 Å². The van der Waals surface area contributed by atoms with Crippen molar-refractivity contribution in [3.63, 3.8) is 0 Å². The fraction of sp³-hybridized carbons (Fsp3) is 0.143. The second kappa shape index (κ2) is 10.8. The summed E-state index contributed by atoms with van der Waals surface area (Å²) in [4.78, 5) is 4.66. The van der Waals surface area contributed by atoms with E-state index < -0.39 is 0 Å². The van der Waals surface area contributed by atoms with E-state index in [2.05, 4.69) is 11.1 Å². The maximum atomic E-state index is 9.29. The van der Waals surface area contributed by atoms with Crippen molar-refractivity contribution < 1.29 is 14.2 Å². The maximum Gasteiger partial charge on any atom is 0.225 e. The van der Waals surface area contributed by atoms with Crippen molar-refractivity contribution >= 4 is 0 Å². The highest BCUT2D eigenvalue weighted by atomic mass is 16.5. The Morgan fingerprint density at radius 1 is 0.727 bits per heavy atom. The van der Waals surface area contributed by atoms with Crippen LogP contribution in [0, 0.1) is 11.3 Å². The van der Waals surface area contributed by atoms with E-state index in [1.807, 2.05) is 85.8 Å². The maximum absolute atomic E-state index is 9.29. The molecule has 0 atom stereocenters. The SMILES string of the molecule is CCOc1cc(C#N)ccc1-c1ccc(OCc2ccccc2)nc1OCc1ccccc1. The summed E-state index contributed by atoms with van der Waals surface area (Å²) in [6.07, 6.45) is 0. The first kappa shape index (κ1) is 21.9. The van der Waals surface area contributed by atoms with Crippen LogP contribution in [0.2, 0.25) is 0 Å². The number of hydrogen-bond acceptors (Lipinski definition) is 5. The van der Waals surface area contributed by atoms with Crippen molar-refractivity contribution in [1.82, 2.24) is 4.98 Å². The highest BCUT2D eigenvalue weighted by Gasteiger charge is 2.16. The Hall–Kier alpha value is -4.30. The van der Waals surface area contributed by atoms with Gasteiger partial charge < -0.3 is 14.2 Å². The van der Waals surface area contributed by atoms with E-state index >= 15 is 0 Å². The Bertz CT molecular complexity index is 1240. The van der Waals surface area contributed by atoms with Gasteiger partial charge in [-0.2, -0.15) is 10.2 Å². The van der Waals surface area contributed by atoms with Crippen molar-refractivity contribution in [3.05, 3.63) is 108 Å². The number of benzene rings is 3. The minimum absolute atomic E-state index is 0.364. The topological polar surface area (TPSA) is 64.4 Å². The Kier molecular flexibility index (Phi) is 7.19. The summed E-state index contributed by atoms with van der Waals surface area (Å²) in [6, 6.07) is 31.1. The van der Waals surface area contributed by atoms with Gasteiger partial charge in [-0.15, -0.1) is 0 Å². The average Bonchev–Trinajstić information content (AvgIpc) is 2.88. The third kappa shape index (κ3) is 5.69. The molecule has 164 valence electrons. The Labute approximate surface area is 193 Å². The monoisotopic (exact) mass is 436 g/mol. The quantitative estimate of drug-likeness (QED) is 0.314. The van der Waals surface area contributed by atoms with Crippen molar-refractivity contribution in [2.75, 3.05) is 6.61 Å². The van der Waals surface area contributed by atoms with E-state index in [9.17, 15) is 5.26 Å². The van der Waals surface area contributed by atoms with Crippen LogP contribution in [0.5, 0.6) is 17.5 Å². The molecule has 5 nitrogen and oxygen atoms in total. The lowest BCUT2D eigenvalue weighted by Crippen LogP contribution is -2.03. The average molecular weight is 437 g/mol. The first-order valence-corrected chi connectivity index (χ1v) is 10.8. The molecule has 0 radical (unpaired) electrons. The molecule has 33 heavy (non-hydrogen) atoms. The second-order valence-corrected chi connectivity index (χ2v) is 7.31. The highest BCUT2D eigenvalue weighted by molar-refractivity contribution is 5.75. The largest absolute Gasteiger partial charge is 0.493 e. The van der Waals surface area contributed by atoms with E-state index in [1.54, 1.807) is 12.1 Å². The minimum Gasteiger partial charge on any atom is -0.493 e. The molecule has 0 aliphatic carbocycles. The fourth-order valence-corrected chi connectivity index (χ4v) is 3.37. The first-order chi connectivity index (χ1) is 16.3. The first-order valence-electron chi connectivity index (χ1n) is 10.8. The third-order valence-corrected chi connectivity index (χ3v) is 4.98. The second-order valence-electron chi connectivity index (χ2n) is 7.31. The lowest BCUT2D eigenvalue weighted by molar-refractivity contribution is 0.268. The smallest absolute Gasteiger partial charge is 0.225 e. The molecule has 5 heteroatoms. The Balaban J connectivity index is 1.67. The fourth-order valence-electron chi connectivity index (χ4n) is 3.37. The molecule has 0 amide bonds. The van der Waals surface area contributed by atoms with Gasteiger partial charge in [0.05, 0.1) is 18.2 Å². The molecule has 0 spiro atoms. The summed E-state index contributed by atoms with van der Waals surface area (Å²) in [5, 5.41) is 9.29. The van der Waals surface area contributed by atoms with Gasteiger partial charge in [-0.05, 0) is 42.3 Å². The van der Waals surface area contributed by atoms with Crippen LogP contribution in [0.3, 0.4) is 0 Å². The van der Waals surface area contributed by atoms with Gasteiger partial charge in [0.15, 0.2) is 0 Å². The van der Waals surface area contributed by atoms with E-state index in [0.29, 0.717) is 42.9 Å². The Morgan fingerprint density at radius 3 is 2.00 bits per heavy atom. The molecular formula is C28H24N2O3. The molecule has 0 aliphatic rings. The molecule has 0 unspecified atom stereocenters. The summed E-state index contributed by atoms with van der Waals surface area (Å²) in [7, 11) is 0. The number of rotatable bonds is 9.